The summed E-state index contributed by atoms with van der Waals surface area (Å²) in [6.07, 6.45) is 1.18. The Morgan fingerprint density at radius 2 is 1.67 bits per heavy atom. The summed E-state index contributed by atoms with van der Waals surface area (Å²) in [6.45, 7) is 13.2. The molecule has 6 nitrogen and oxygen atoms in total. The first-order valence-electron chi connectivity index (χ1n) is 9.14. The van der Waals surface area contributed by atoms with Crippen molar-refractivity contribution in [3.05, 3.63) is 23.8 Å². The van der Waals surface area contributed by atoms with Gasteiger partial charge in [-0.05, 0) is 44.1 Å². The van der Waals surface area contributed by atoms with E-state index in [4.69, 9.17) is 13.9 Å². The summed E-state index contributed by atoms with van der Waals surface area (Å²) in [5.74, 6) is 0.0999. The summed E-state index contributed by atoms with van der Waals surface area (Å²) in [5.41, 5.74) is -6.71. The Morgan fingerprint density at radius 3 is 2.13 bits per heavy atom. The fourth-order valence-corrected chi connectivity index (χ4v) is 3.90. The third-order valence-electron chi connectivity index (χ3n) is 5.05. The maximum atomic E-state index is 12.9. The molecular formula is C19H27F3O6SSi. The maximum Gasteiger partial charge on any atom is 0.534 e. The monoisotopic (exact) mass is 468 g/mol. The van der Waals surface area contributed by atoms with Crippen molar-refractivity contribution in [2.45, 2.75) is 63.9 Å². The summed E-state index contributed by atoms with van der Waals surface area (Å²) < 4.78 is 84.1. The van der Waals surface area contributed by atoms with E-state index in [1.807, 2.05) is 33.9 Å². The van der Waals surface area contributed by atoms with Crippen LogP contribution in [0.1, 0.15) is 40.2 Å². The van der Waals surface area contributed by atoms with Gasteiger partial charge in [0.15, 0.2) is 23.0 Å². The molecule has 0 unspecified atom stereocenters. The Balaban J connectivity index is 2.68. The first-order valence-corrected chi connectivity index (χ1v) is 13.5. The van der Waals surface area contributed by atoms with E-state index in [1.165, 1.54) is 25.3 Å². The van der Waals surface area contributed by atoms with Crippen LogP contribution in [0.15, 0.2) is 18.2 Å². The fourth-order valence-electron chi connectivity index (χ4n) is 2.43. The topological polar surface area (TPSA) is 71.1 Å². The lowest BCUT2D eigenvalue weighted by Crippen LogP contribution is -2.44. The summed E-state index contributed by atoms with van der Waals surface area (Å²) in [5, 5.41) is -0.195. The minimum absolute atomic E-state index is 0.0247. The second-order valence-electron chi connectivity index (χ2n) is 9.03. The molecule has 0 N–H and O–H groups in total. The van der Waals surface area contributed by atoms with Gasteiger partial charge in [0.1, 0.15) is 5.60 Å². The van der Waals surface area contributed by atoms with Crippen LogP contribution in [-0.4, -0.2) is 35.0 Å². The summed E-state index contributed by atoms with van der Waals surface area (Å²) in [7, 11) is -6.85. The van der Waals surface area contributed by atoms with Gasteiger partial charge in [0.25, 0.3) is 8.32 Å². The van der Waals surface area contributed by atoms with Gasteiger partial charge in [0.05, 0.1) is 12.7 Å². The molecule has 30 heavy (non-hydrogen) atoms. The minimum Gasteiger partial charge on any atom is -0.539 e. The third-order valence-corrected chi connectivity index (χ3v) is 10.3. The van der Waals surface area contributed by atoms with Gasteiger partial charge in [-0.1, -0.05) is 20.8 Å². The normalized spacial score (nSPS) is 16.8. The highest BCUT2D eigenvalue weighted by Gasteiger charge is 2.50. The molecule has 0 saturated carbocycles. The summed E-state index contributed by atoms with van der Waals surface area (Å²) >= 11 is 0. The van der Waals surface area contributed by atoms with E-state index in [2.05, 4.69) is 4.18 Å². The van der Waals surface area contributed by atoms with Gasteiger partial charge in [0, 0.05) is 6.08 Å². The van der Waals surface area contributed by atoms with Crippen molar-refractivity contribution in [1.82, 2.24) is 0 Å². The van der Waals surface area contributed by atoms with Crippen LogP contribution in [0.25, 0.3) is 5.76 Å². The molecule has 170 valence electrons. The molecule has 1 aliphatic rings. The van der Waals surface area contributed by atoms with Crippen LogP contribution in [0, 0.1) is 0 Å². The zero-order valence-electron chi connectivity index (χ0n) is 18.2. The SMILES string of the molecule is COc1ccc2c(c1O[Si](C)(C)C(C)(C)C)OC(C)(C)C=C2OS(=O)(=O)C(F)(F)F. The number of alkyl halides is 3. The van der Waals surface area contributed by atoms with Crippen molar-refractivity contribution < 1.29 is 39.7 Å². The smallest absolute Gasteiger partial charge is 0.534 e. The van der Waals surface area contributed by atoms with E-state index >= 15 is 0 Å². The minimum atomic E-state index is -5.86. The lowest BCUT2D eigenvalue weighted by Gasteiger charge is -2.39. The van der Waals surface area contributed by atoms with Crippen molar-refractivity contribution >= 4 is 24.2 Å². The largest absolute Gasteiger partial charge is 0.539 e. The average molecular weight is 469 g/mol. The Morgan fingerprint density at radius 1 is 1.10 bits per heavy atom. The second kappa shape index (κ2) is 7.36. The van der Waals surface area contributed by atoms with Crippen LogP contribution in [0.3, 0.4) is 0 Å². The molecule has 0 amide bonds. The molecule has 0 aromatic heterocycles. The number of hydrogen-bond donors (Lipinski definition) is 0. The van der Waals surface area contributed by atoms with Crippen molar-refractivity contribution in [2.75, 3.05) is 7.11 Å². The van der Waals surface area contributed by atoms with E-state index in [-0.39, 0.29) is 22.1 Å². The van der Waals surface area contributed by atoms with Crippen molar-refractivity contribution in [1.29, 1.82) is 0 Å². The Bertz CT molecular complexity index is 960. The van der Waals surface area contributed by atoms with Crippen molar-refractivity contribution in [2.24, 2.45) is 0 Å². The molecule has 0 fully saturated rings. The summed E-state index contributed by atoms with van der Waals surface area (Å²) in [4.78, 5) is 0. The van der Waals surface area contributed by atoms with Crippen LogP contribution < -0.4 is 13.9 Å². The summed E-state index contributed by atoms with van der Waals surface area (Å²) in [6, 6.07) is 2.85. The molecule has 0 saturated heterocycles. The standard InChI is InChI=1S/C19H27F3O6SSi/c1-17(2,3)30(7,8)28-16-13(25-6)10-9-12-14(11-18(4,5)26-15(12)16)27-29(23,24)19(20,21)22/h9-11H,1-8H3. The number of benzene rings is 1. The molecule has 0 bridgehead atoms. The highest BCUT2D eigenvalue weighted by Crippen LogP contribution is 2.51. The van der Waals surface area contributed by atoms with Gasteiger partial charge in [-0.25, -0.2) is 0 Å². The van der Waals surface area contributed by atoms with Crippen molar-refractivity contribution in [3.63, 3.8) is 0 Å². The lowest BCUT2D eigenvalue weighted by atomic mass is 10.00. The van der Waals surface area contributed by atoms with Crippen LogP contribution in [0.4, 0.5) is 13.2 Å². The predicted molar refractivity (Wildman–Crippen MR) is 110 cm³/mol. The highest BCUT2D eigenvalue weighted by molar-refractivity contribution is 7.87. The molecule has 0 aliphatic carbocycles. The maximum absolute atomic E-state index is 12.9. The van der Waals surface area contributed by atoms with Gasteiger partial charge in [-0.2, -0.15) is 21.6 Å². The number of ether oxygens (including phenoxy) is 2. The van der Waals surface area contributed by atoms with E-state index in [1.54, 1.807) is 13.8 Å². The molecule has 0 spiro atoms. The van der Waals surface area contributed by atoms with E-state index in [0.29, 0.717) is 5.75 Å². The first-order chi connectivity index (χ1) is 13.3. The zero-order valence-corrected chi connectivity index (χ0v) is 20.0. The van der Waals surface area contributed by atoms with Crippen LogP contribution >= 0.6 is 0 Å². The molecule has 1 heterocycles. The van der Waals surface area contributed by atoms with Gasteiger partial charge in [-0.3, -0.25) is 0 Å². The molecule has 11 heteroatoms. The Labute approximate surface area is 176 Å². The molecule has 0 radical (unpaired) electrons. The van der Waals surface area contributed by atoms with Crippen LogP contribution in [0.5, 0.6) is 17.2 Å². The molecular weight excluding hydrogens is 441 g/mol. The fraction of sp³-hybridized carbons (Fsp3) is 0.579. The van der Waals surface area contributed by atoms with E-state index < -0.39 is 35.3 Å². The zero-order chi connectivity index (χ0) is 23.3. The molecule has 1 aromatic rings. The lowest BCUT2D eigenvalue weighted by molar-refractivity contribution is -0.0510. The van der Waals surface area contributed by atoms with Gasteiger partial charge >= 0.3 is 15.6 Å². The van der Waals surface area contributed by atoms with Gasteiger partial charge < -0.3 is 18.1 Å². The number of halogens is 3. The van der Waals surface area contributed by atoms with E-state index in [9.17, 15) is 21.6 Å². The Hall–Kier alpha value is -1.88. The van der Waals surface area contributed by atoms with Crippen LogP contribution in [-0.2, 0) is 14.3 Å². The predicted octanol–water partition coefficient (Wildman–Crippen LogP) is 5.46. The average Bonchev–Trinajstić information content (AvgIpc) is 2.52. The second-order valence-corrected chi connectivity index (χ2v) is 15.3. The molecule has 1 aliphatic heterocycles. The molecule has 2 rings (SSSR count). The van der Waals surface area contributed by atoms with Gasteiger partial charge in [0.2, 0.25) is 0 Å². The quantitative estimate of drug-likeness (QED) is 0.325. The first kappa shape index (κ1) is 24.4. The van der Waals surface area contributed by atoms with Crippen molar-refractivity contribution in [3.8, 4) is 17.2 Å². The van der Waals surface area contributed by atoms with E-state index in [0.717, 1.165) is 0 Å². The number of methoxy groups -OCH3 is 1. The third kappa shape index (κ3) is 4.71. The Kier molecular flexibility index (Phi) is 5.99. The molecule has 0 atom stereocenters. The number of rotatable bonds is 5. The van der Waals surface area contributed by atoms with Gasteiger partial charge in [-0.15, -0.1) is 0 Å². The highest BCUT2D eigenvalue weighted by atomic mass is 32.2. The number of hydrogen-bond acceptors (Lipinski definition) is 6. The molecule has 1 aromatic carbocycles. The number of fused-ring (bicyclic) bond motifs is 1. The van der Waals surface area contributed by atoms with Crippen LogP contribution in [0.2, 0.25) is 18.1 Å².